The molecule has 3 saturated heterocycles. The minimum atomic E-state index is -1.22. The molecule has 0 aliphatic carbocycles. The molecule has 1 N–H and O–H groups in total. The Morgan fingerprint density at radius 1 is 1.06 bits per heavy atom. The lowest BCUT2D eigenvalue weighted by Gasteiger charge is -2.40. The Morgan fingerprint density at radius 2 is 1.82 bits per heavy atom. The summed E-state index contributed by atoms with van der Waals surface area (Å²) in [6.45, 7) is 2.00. The molecule has 1 aromatic carbocycles. The van der Waals surface area contributed by atoms with Crippen LogP contribution >= 0.6 is 0 Å². The van der Waals surface area contributed by atoms with Crippen molar-refractivity contribution in [3.63, 3.8) is 0 Å². The summed E-state index contributed by atoms with van der Waals surface area (Å²) in [4.78, 5) is 47.4. The van der Waals surface area contributed by atoms with Gasteiger partial charge in [0, 0.05) is 31.8 Å². The fourth-order valence-corrected chi connectivity index (χ4v) is 5.45. The highest BCUT2D eigenvalue weighted by molar-refractivity contribution is 6.07. The number of nitrogens with one attached hydrogen (secondary N) is 1. The Balaban J connectivity index is 1.34. The van der Waals surface area contributed by atoms with Crippen molar-refractivity contribution in [2.24, 2.45) is 5.92 Å². The number of piperidine rings is 1. The first-order valence-corrected chi connectivity index (χ1v) is 12.1. The van der Waals surface area contributed by atoms with Crippen LogP contribution in [0.15, 0.2) is 54.7 Å². The molecule has 0 spiro atoms. The lowest BCUT2D eigenvalue weighted by atomic mass is 9.75. The number of ether oxygens (including phenoxy) is 1. The Labute approximate surface area is 199 Å². The van der Waals surface area contributed by atoms with E-state index in [1.165, 1.54) is 4.90 Å². The average Bonchev–Trinajstić information content (AvgIpc) is 3.48. The summed E-state index contributed by atoms with van der Waals surface area (Å²) in [5.41, 5.74) is 0.325. The second kappa shape index (κ2) is 9.54. The van der Waals surface area contributed by atoms with Gasteiger partial charge in [-0.1, -0.05) is 36.4 Å². The van der Waals surface area contributed by atoms with Gasteiger partial charge in [-0.25, -0.2) is 4.79 Å². The average molecular weight is 463 g/mol. The third kappa shape index (κ3) is 4.18. The second-order valence-electron chi connectivity index (χ2n) is 9.32. The highest BCUT2D eigenvalue weighted by Gasteiger charge is 2.58. The molecular formula is C26H30N4O4. The van der Waals surface area contributed by atoms with Crippen molar-refractivity contribution in [1.82, 2.24) is 20.1 Å². The van der Waals surface area contributed by atoms with Gasteiger partial charge in [0.1, 0.15) is 0 Å². The third-order valence-electron chi connectivity index (χ3n) is 7.27. The van der Waals surface area contributed by atoms with Gasteiger partial charge in [-0.3, -0.25) is 19.5 Å². The Hall–Kier alpha value is -3.26. The number of carbonyl (C=O) groups excluding carboxylic acids is 3. The summed E-state index contributed by atoms with van der Waals surface area (Å²) in [6.07, 6.45) is 4.89. The van der Waals surface area contributed by atoms with Crippen molar-refractivity contribution in [2.75, 3.05) is 26.2 Å². The summed E-state index contributed by atoms with van der Waals surface area (Å²) >= 11 is 0. The smallest absolute Gasteiger partial charge is 0.325 e. The van der Waals surface area contributed by atoms with Crippen LogP contribution in [-0.4, -0.2) is 65.0 Å². The lowest BCUT2D eigenvalue weighted by Crippen LogP contribution is -2.55. The molecule has 34 heavy (non-hydrogen) atoms. The molecule has 0 unspecified atom stereocenters. The number of urea groups is 1. The van der Waals surface area contributed by atoms with Crippen LogP contribution in [0.1, 0.15) is 36.9 Å². The largest absolute Gasteiger partial charge is 0.376 e. The number of hydrogen-bond donors (Lipinski definition) is 1. The Bertz CT molecular complexity index is 1030. The zero-order valence-corrected chi connectivity index (χ0v) is 19.2. The SMILES string of the molecule is O=C(Cc1ccccc1)N1CCC([C@]2(c3ccccn3)NC(=O)N(C[C@@H]3CCCO3)C2=O)CC1. The molecule has 3 aliphatic rings. The molecule has 178 valence electrons. The molecule has 2 aromatic rings. The standard InChI is InChI=1S/C26H30N4O4/c31-23(17-19-7-2-1-3-8-19)29-14-11-20(12-15-29)26(22-10-4-5-13-27-22)24(32)30(25(33)28-26)18-21-9-6-16-34-21/h1-5,7-8,10,13,20-21H,6,9,11-12,14-18H2,(H,28,33)/t21-,26+/m0/s1. The van der Waals surface area contributed by atoms with Crippen molar-refractivity contribution < 1.29 is 19.1 Å². The highest BCUT2D eigenvalue weighted by Crippen LogP contribution is 2.41. The van der Waals surface area contributed by atoms with Gasteiger partial charge < -0.3 is 15.0 Å². The van der Waals surface area contributed by atoms with E-state index in [0.29, 0.717) is 44.7 Å². The molecule has 8 heteroatoms. The van der Waals surface area contributed by atoms with Gasteiger partial charge in [-0.2, -0.15) is 0 Å². The predicted octanol–water partition coefficient (Wildman–Crippen LogP) is 2.49. The van der Waals surface area contributed by atoms with E-state index in [4.69, 9.17) is 4.74 Å². The Morgan fingerprint density at radius 3 is 2.50 bits per heavy atom. The fourth-order valence-electron chi connectivity index (χ4n) is 5.45. The number of likely N-dealkylation sites (tertiary alicyclic amines) is 1. The van der Waals surface area contributed by atoms with Crippen LogP contribution in [0.4, 0.5) is 4.79 Å². The van der Waals surface area contributed by atoms with E-state index >= 15 is 0 Å². The van der Waals surface area contributed by atoms with E-state index in [1.54, 1.807) is 18.3 Å². The molecule has 5 rings (SSSR count). The van der Waals surface area contributed by atoms with Crippen LogP contribution < -0.4 is 5.32 Å². The van der Waals surface area contributed by atoms with Crippen molar-refractivity contribution in [2.45, 2.75) is 43.7 Å². The number of carbonyl (C=O) groups is 3. The molecule has 4 heterocycles. The number of nitrogens with zero attached hydrogens (tertiary/aromatic N) is 3. The van der Waals surface area contributed by atoms with Crippen molar-refractivity contribution >= 4 is 17.8 Å². The van der Waals surface area contributed by atoms with Crippen LogP contribution in [0.2, 0.25) is 0 Å². The molecule has 2 atom stereocenters. The van der Waals surface area contributed by atoms with Gasteiger partial charge in [0.15, 0.2) is 5.54 Å². The summed E-state index contributed by atoms with van der Waals surface area (Å²) in [7, 11) is 0. The summed E-state index contributed by atoms with van der Waals surface area (Å²) < 4.78 is 5.69. The first-order chi connectivity index (χ1) is 16.6. The number of rotatable bonds is 6. The molecule has 3 aliphatic heterocycles. The number of amides is 4. The summed E-state index contributed by atoms with van der Waals surface area (Å²) in [5, 5.41) is 3.03. The number of benzene rings is 1. The van der Waals surface area contributed by atoms with E-state index in [9.17, 15) is 14.4 Å². The third-order valence-corrected chi connectivity index (χ3v) is 7.27. The molecule has 4 amide bonds. The van der Waals surface area contributed by atoms with Crippen molar-refractivity contribution in [3.8, 4) is 0 Å². The van der Waals surface area contributed by atoms with Crippen LogP contribution in [0, 0.1) is 5.92 Å². The number of pyridine rings is 1. The molecule has 1 aromatic heterocycles. The maximum Gasteiger partial charge on any atom is 0.325 e. The monoisotopic (exact) mass is 462 g/mol. The van der Waals surface area contributed by atoms with E-state index in [1.807, 2.05) is 41.3 Å². The van der Waals surface area contributed by atoms with E-state index in [-0.39, 0.29) is 30.4 Å². The van der Waals surface area contributed by atoms with Crippen LogP contribution in [-0.2, 0) is 26.3 Å². The maximum absolute atomic E-state index is 13.8. The summed E-state index contributed by atoms with van der Waals surface area (Å²) in [6, 6.07) is 14.8. The fraction of sp³-hybridized carbons (Fsp3) is 0.462. The molecule has 8 nitrogen and oxygen atoms in total. The van der Waals surface area contributed by atoms with Gasteiger partial charge in [0.2, 0.25) is 5.91 Å². The van der Waals surface area contributed by atoms with E-state index in [2.05, 4.69) is 10.3 Å². The topological polar surface area (TPSA) is 91.8 Å². The van der Waals surface area contributed by atoms with Crippen LogP contribution in [0.5, 0.6) is 0 Å². The zero-order valence-electron chi connectivity index (χ0n) is 19.2. The maximum atomic E-state index is 13.8. The molecular weight excluding hydrogens is 432 g/mol. The van der Waals surface area contributed by atoms with E-state index < -0.39 is 11.6 Å². The van der Waals surface area contributed by atoms with Gasteiger partial charge in [-0.15, -0.1) is 0 Å². The number of imide groups is 1. The minimum absolute atomic E-state index is 0.0818. The Kier molecular flexibility index (Phi) is 6.32. The zero-order chi connectivity index (χ0) is 23.5. The molecule has 0 bridgehead atoms. The van der Waals surface area contributed by atoms with Crippen molar-refractivity contribution in [1.29, 1.82) is 0 Å². The van der Waals surface area contributed by atoms with E-state index in [0.717, 1.165) is 18.4 Å². The van der Waals surface area contributed by atoms with Crippen LogP contribution in [0.25, 0.3) is 0 Å². The van der Waals surface area contributed by atoms with Crippen molar-refractivity contribution in [3.05, 3.63) is 66.0 Å². The second-order valence-corrected chi connectivity index (χ2v) is 9.32. The lowest BCUT2D eigenvalue weighted by molar-refractivity contribution is -0.137. The summed E-state index contributed by atoms with van der Waals surface area (Å²) in [5.74, 6) is -0.340. The minimum Gasteiger partial charge on any atom is -0.376 e. The van der Waals surface area contributed by atoms with Crippen LogP contribution in [0.3, 0.4) is 0 Å². The normalized spacial score (nSPS) is 25.6. The van der Waals surface area contributed by atoms with Gasteiger partial charge >= 0.3 is 6.03 Å². The van der Waals surface area contributed by atoms with Gasteiger partial charge in [0.25, 0.3) is 5.91 Å². The molecule has 3 fully saturated rings. The highest BCUT2D eigenvalue weighted by atomic mass is 16.5. The van der Waals surface area contributed by atoms with Gasteiger partial charge in [-0.05, 0) is 43.4 Å². The molecule has 0 radical (unpaired) electrons. The quantitative estimate of drug-likeness (QED) is 0.666. The predicted molar refractivity (Wildman–Crippen MR) is 125 cm³/mol. The first kappa shape index (κ1) is 22.5. The first-order valence-electron chi connectivity index (χ1n) is 12.1. The number of aromatic nitrogens is 1. The number of hydrogen-bond acceptors (Lipinski definition) is 5. The van der Waals surface area contributed by atoms with Gasteiger partial charge in [0.05, 0.1) is 24.8 Å². The molecule has 0 saturated carbocycles.